The van der Waals surface area contributed by atoms with E-state index in [0.29, 0.717) is 6.42 Å². The zero-order chi connectivity index (χ0) is 17.7. The molecule has 3 aromatic rings. The van der Waals surface area contributed by atoms with Crippen LogP contribution in [0.2, 0.25) is 0 Å². The predicted molar refractivity (Wildman–Crippen MR) is 97.2 cm³/mol. The van der Waals surface area contributed by atoms with Crippen LogP contribution in [-0.4, -0.2) is 14.3 Å². The van der Waals surface area contributed by atoms with Crippen LogP contribution in [0.1, 0.15) is 12.0 Å². The topological polar surface area (TPSA) is 75.3 Å². The van der Waals surface area contributed by atoms with Gasteiger partial charge in [-0.15, -0.1) is 4.83 Å². The van der Waals surface area contributed by atoms with Crippen LogP contribution in [0.25, 0.3) is 10.8 Å². The molecule has 3 rings (SSSR count). The van der Waals surface area contributed by atoms with E-state index in [9.17, 15) is 13.2 Å². The summed E-state index contributed by atoms with van der Waals surface area (Å²) in [5, 5.41) is 1.77. The molecule has 25 heavy (non-hydrogen) atoms. The monoisotopic (exact) mass is 354 g/mol. The lowest BCUT2D eigenvalue weighted by molar-refractivity contribution is -0.121. The molecular formula is C19H18N2O3S. The van der Waals surface area contributed by atoms with E-state index >= 15 is 0 Å². The van der Waals surface area contributed by atoms with E-state index in [0.717, 1.165) is 16.3 Å². The first-order chi connectivity index (χ1) is 12.0. The third kappa shape index (κ3) is 4.43. The van der Waals surface area contributed by atoms with E-state index in [4.69, 9.17) is 0 Å². The number of aryl methyl sites for hydroxylation is 1. The molecule has 0 bridgehead atoms. The highest BCUT2D eigenvalue weighted by Crippen LogP contribution is 2.18. The first kappa shape index (κ1) is 17.1. The number of carbonyl (C=O) groups is 1. The number of hydrogen-bond donors (Lipinski definition) is 2. The summed E-state index contributed by atoms with van der Waals surface area (Å²) in [6.07, 6.45) is 0.745. The predicted octanol–water partition coefficient (Wildman–Crippen LogP) is 2.78. The maximum absolute atomic E-state index is 12.3. The number of nitrogens with one attached hydrogen (secondary N) is 2. The van der Waals surface area contributed by atoms with Crippen molar-refractivity contribution in [3.63, 3.8) is 0 Å². The van der Waals surface area contributed by atoms with Crippen LogP contribution < -0.4 is 10.3 Å². The smallest absolute Gasteiger partial charge is 0.257 e. The summed E-state index contributed by atoms with van der Waals surface area (Å²) in [4.78, 5) is 14.1. The largest absolute Gasteiger partial charge is 0.278 e. The van der Waals surface area contributed by atoms with Crippen LogP contribution in [-0.2, 0) is 21.2 Å². The quantitative estimate of drug-likeness (QED) is 0.669. The van der Waals surface area contributed by atoms with Gasteiger partial charge < -0.3 is 0 Å². The van der Waals surface area contributed by atoms with Crippen LogP contribution in [0.3, 0.4) is 0 Å². The Bertz CT molecular complexity index is 986. The van der Waals surface area contributed by atoms with E-state index in [1.165, 1.54) is 6.07 Å². The van der Waals surface area contributed by atoms with Gasteiger partial charge in [-0.2, -0.15) is 0 Å². The van der Waals surface area contributed by atoms with Crippen LogP contribution in [0.4, 0.5) is 0 Å². The van der Waals surface area contributed by atoms with Crippen molar-refractivity contribution < 1.29 is 13.2 Å². The summed E-state index contributed by atoms with van der Waals surface area (Å²) in [6, 6.07) is 21.9. The summed E-state index contributed by atoms with van der Waals surface area (Å²) < 4.78 is 24.7. The highest BCUT2D eigenvalue weighted by molar-refractivity contribution is 7.89. The molecule has 0 atom stereocenters. The lowest BCUT2D eigenvalue weighted by Gasteiger charge is -2.09. The number of amides is 1. The molecule has 0 unspecified atom stereocenters. The fraction of sp³-hybridized carbons (Fsp3) is 0.105. The summed E-state index contributed by atoms with van der Waals surface area (Å²) in [5.41, 5.74) is 3.29. The summed E-state index contributed by atoms with van der Waals surface area (Å²) in [5.74, 6) is -0.381. The Morgan fingerprint density at radius 2 is 1.52 bits per heavy atom. The average molecular weight is 354 g/mol. The van der Waals surface area contributed by atoms with Crippen LogP contribution in [0.5, 0.6) is 0 Å². The number of benzene rings is 3. The highest BCUT2D eigenvalue weighted by atomic mass is 32.2. The fourth-order valence-corrected chi connectivity index (χ4v) is 3.38. The molecule has 0 radical (unpaired) electrons. The third-order valence-corrected chi connectivity index (χ3v) is 5.08. The van der Waals surface area contributed by atoms with Crippen LogP contribution >= 0.6 is 0 Å². The van der Waals surface area contributed by atoms with Gasteiger partial charge in [-0.05, 0) is 34.9 Å². The van der Waals surface area contributed by atoms with E-state index in [-0.39, 0.29) is 17.2 Å². The van der Waals surface area contributed by atoms with Crippen LogP contribution in [0.15, 0.2) is 77.7 Å². The Kier molecular flexibility index (Phi) is 5.11. The van der Waals surface area contributed by atoms with Crippen molar-refractivity contribution in [2.75, 3.05) is 0 Å². The number of carbonyl (C=O) groups excluding carboxylic acids is 1. The Morgan fingerprint density at radius 3 is 2.28 bits per heavy atom. The van der Waals surface area contributed by atoms with Crippen molar-refractivity contribution in [1.82, 2.24) is 10.3 Å². The zero-order valence-corrected chi connectivity index (χ0v) is 14.3. The van der Waals surface area contributed by atoms with Gasteiger partial charge >= 0.3 is 0 Å². The van der Waals surface area contributed by atoms with Gasteiger partial charge in [0.25, 0.3) is 10.0 Å². The molecule has 0 aliphatic heterocycles. The number of fused-ring (bicyclic) bond motifs is 1. The molecule has 0 fully saturated rings. The number of hydrogen-bond acceptors (Lipinski definition) is 3. The zero-order valence-electron chi connectivity index (χ0n) is 13.5. The third-order valence-electron chi connectivity index (χ3n) is 3.84. The number of sulfonamides is 1. The van der Waals surface area contributed by atoms with Crippen molar-refractivity contribution in [2.24, 2.45) is 0 Å². The maximum Gasteiger partial charge on any atom is 0.257 e. The minimum Gasteiger partial charge on any atom is -0.278 e. The molecule has 0 aliphatic carbocycles. The molecule has 3 aromatic carbocycles. The molecule has 2 N–H and O–H groups in total. The molecule has 6 heteroatoms. The molecule has 1 amide bonds. The maximum atomic E-state index is 12.3. The Balaban J connectivity index is 1.61. The van der Waals surface area contributed by atoms with Gasteiger partial charge in [-0.1, -0.05) is 60.7 Å². The molecule has 0 aliphatic rings. The van der Waals surface area contributed by atoms with Gasteiger partial charge in [0, 0.05) is 6.42 Å². The van der Waals surface area contributed by atoms with E-state index in [1.807, 2.05) is 54.6 Å². The molecule has 0 saturated carbocycles. The average Bonchev–Trinajstić information content (AvgIpc) is 2.65. The van der Waals surface area contributed by atoms with E-state index < -0.39 is 10.0 Å². The van der Waals surface area contributed by atoms with Gasteiger partial charge in [0.2, 0.25) is 5.91 Å². The van der Waals surface area contributed by atoms with Crippen molar-refractivity contribution in [3.05, 3.63) is 78.4 Å². The van der Waals surface area contributed by atoms with Gasteiger partial charge in [0.05, 0.1) is 4.90 Å². The second-order valence-corrected chi connectivity index (χ2v) is 7.33. The first-order valence-corrected chi connectivity index (χ1v) is 9.36. The molecule has 0 spiro atoms. The van der Waals surface area contributed by atoms with Crippen LogP contribution in [0, 0.1) is 0 Å². The Labute approximate surface area is 146 Å². The lowest BCUT2D eigenvalue weighted by atomic mass is 10.1. The van der Waals surface area contributed by atoms with Crippen molar-refractivity contribution in [3.8, 4) is 0 Å². The Hall–Kier alpha value is -2.70. The van der Waals surface area contributed by atoms with E-state index in [1.54, 1.807) is 12.1 Å². The molecule has 5 nitrogen and oxygen atoms in total. The second-order valence-electron chi connectivity index (χ2n) is 5.65. The SMILES string of the molecule is O=C(CCc1ccccc1)NNS(=O)(=O)c1ccc2ccccc2c1. The number of hydrazine groups is 1. The van der Waals surface area contributed by atoms with E-state index in [2.05, 4.69) is 10.3 Å². The minimum atomic E-state index is -3.81. The van der Waals surface area contributed by atoms with Gasteiger partial charge in [0.15, 0.2) is 0 Å². The molecule has 0 heterocycles. The Morgan fingerprint density at radius 1 is 0.840 bits per heavy atom. The van der Waals surface area contributed by atoms with Crippen molar-refractivity contribution in [1.29, 1.82) is 0 Å². The summed E-state index contributed by atoms with van der Waals surface area (Å²) in [6.45, 7) is 0. The van der Waals surface area contributed by atoms with Gasteiger partial charge in [0.1, 0.15) is 0 Å². The minimum absolute atomic E-state index is 0.106. The molecule has 128 valence electrons. The molecular weight excluding hydrogens is 336 g/mol. The molecule has 0 aromatic heterocycles. The normalized spacial score (nSPS) is 11.4. The molecule has 0 saturated heterocycles. The first-order valence-electron chi connectivity index (χ1n) is 7.88. The fourth-order valence-electron chi connectivity index (χ4n) is 2.48. The summed E-state index contributed by atoms with van der Waals surface area (Å²) >= 11 is 0. The highest BCUT2D eigenvalue weighted by Gasteiger charge is 2.15. The lowest BCUT2D eigenvalue weighted by Crippen LogP contribution is -2.41. The second kappa shape index (κ2) is 7.46. The standard InChI is InChI=1S/C19H18N2O3S/c22-19(13-10-15-6-2-1-3-7-15)20-21-25(23,24)18-12-11-16-8-4-5-9-17(16)14-18/h1-9,11-12,14,21H,10,13H2,(H,20,22). The number of rotatable bonds is 6. The van der Waals surface area contributed by atoms with Gasteiger partial charge in [-0.25, -0.2) is 8.42 Å². The van der Waals surface area contributed by atoms with Crippen molar-refractivity contribution in [2.45, 2.75) is 17.7 Å². The summed E-state index contributed by atoms with van der Waals surface area (Å²) in [7, 11) is -3.81. The van der Waals surface area contributed by atoms with Gasteiger partial charge in [-0.3, -0.25) is 10.2 Å². The van der Waals surface area contributed by atoms with Crippen molar-refractivity contribution >= 4 is 26.7 Å².